The summed E-state index contributed by atoms with van der Waals surface area (Å²) in [4.78, 5) is 27.6. The first-order valence-electron chi connectivity index (χ1n) is 19.7. The van der Waals surface area contributed by atoms with Gasteiger partial charge in [0, 0.05) is 13.0 Å². The van der Waals surface area contributed by atoms with Gasteiger partial charge in [0.15, 0.2) is 0 Å². The van der Waals surface area contributed by atoms with E-state index >= 15 is 0 Å². The number of nitrogens with zero attached hydrogens (tertiary/aromatic N) is 1. The SMILES string of the molecule is CCCCCCCCCC(CCCCCCCCC(=O)OCC(CCCC)CCCCCC)OC(=O)C(C)(C)COCCN(C)C. The smallest absolute Gasteiger partial charge is 0.314 e. The molecular formula is C40H79NO5. The Bertz CT molecular complexity index is 695. The van der Waals surface area contributed by atoms with Crippen LogP contribution >= 0.6 is 0 Å². The molecule has 0 aromatic heterocycles. The number of esters is 2. The largest absolute Gasteiger partial charge is 0.465 e. The van der Waals surface area contributed by atoms with Crippen molar-refractivity contribution in [3.8, 4) is 0 Å². The summed E-state index contributed by atoms with van der Waals surface area (Å²) in [5.74, 6) is 0.378. The van der Waals surface area contributed by atoms with Gasteiger partial charge in [0.05, 0.1) is 25.2 Å². The van der Waals surface area contributed by atoms with E-state index < -0.39 is 5.41 Å². The van der Waals surface area contributed by atoms with Gasteiger partial charge in [0.1, 0.15) is 6.10 Å². The normalized spacial score (nSPS) is 13.2. The molecular weight excluding hydrogens is 574 g/mol. The summed E-state index contributed by atoms with van der Waals surface area (Å²) < 4.78 is 17.6. The van der Waals surface area contributed by atoms with E-state index in [1.807, 2.05) is 27.9 Å². The molecule has 0 spiro atoms. The molecule has 0 saturated heterocycles. The average Bonchev–Trinajstić information content (AvgIpc) is 3.02. The lowest BCUT2D eigenvalue weighted by Crippen LogP contribution is -2.35. The molecule has 0 aliphatic heterocycles. The Morgan fingerprint density at radius 1 is 0.630 bits per heavy atom. The number of hydrogen-bond acceptors (Lipinski definition) is 6. The van der Waals surface area contributed by atoms with Crippen LogP contribution in [0.1, 0.15) is 189 Å². The van der Waals surface area contributed by atoms with Gasteiger partial charge in [-0.2, -0.15) is 0 Å². The minimum Gasteiger partial charge on any atom is -0.465 e. The predicted molar refractivity (Wildman–Crippen MR) is 195 cm³/mol. The van der Waals surface area contributed by atoms with Crippen molar-refractivity contribution in [2.45, 2.75) is 195 Å². The molecule has 0 saturated carbocycles. The van der Waals surface area contributed by atoms with Crippen LogP contribution < -0.4 is 0 Å². The molecule has 0 amide bonds. The molecule has 0 heterocycles. The minimum atomic E-state index is -0.642. The van der Waals surface area contributed by atoms with Crippen molar-refractivity contribution in [2.24, 2.45) is 11.3 Å². The molecule has 0 N–H and O–H groups in total. The van der Waals surface area contributed by atoms with Crippen LogP contribution in [0.3, 0.4) is 0 Å². The number of rotatable bonds is 34. The Hall–Kier alpha value is -1.14. The van der Waals surface area contributed by atoms with Gasteiger partial charge in [0.25, 0.3) is 0 Å². The van der Waals surface area contributed by atoms with Crippen molar-refractivity contribution in [2.75, 3.05) is 40.5 Å². The molecule has 46 heavy (non-hydrogen) atoms. The second-order valence-corrected chi connectivity index (χ2v) is 14.9. The molecule has 0 aliphatic rings. The van der Waals surface area contributed by atoms with Crippen LogP contribution in [0.15, 0.2) is 0 Å². The van der Waals surface area contributed by atoms with E-state index in [-0.39, 0.29) is 18.0 Å². The fourth-order valence-corrected chi connectivity index (χ4v) is 5.83. The minimum absolute atomic E-state index is 0.00763. The van der Waals surface area contributed by atoms with E-state index in [4.69, 9.17) is 14.2 Å². The maximum absolute atomic E-state index is 13.1. The summed E-state index contributed by atoms with van der Waals surface area (Å²) in [7, 11) is 4.05. The Balaban J connectivity index is 4.40. The van der Waals surface area contributed by atoms with Gasteiger partial charge in [-0.15, -0.1) is 0 Å². The van der Waals surface area contributed by atoms with Crippen LogP contribution in [0.5, 0.6) is 0 Å². The van der Waals surface area contributed by atoms with Gasteiger partial charge in [-0.05, 0) is 78.8 Å². The molecule has 0 bridgehead atoms. The van der Waals surface area contributed by atoms with Gasteiger partial charge in [-0.1, -0.05) is 124 Å². The van der Waals surface area contributed by atoms with Gasteiger partial charge < -0.3 is 19.1 Å². The predicted octanol–water partition coefficient (Wildman–Crippen LogP) is 11.1. The highest BCUT2D eigenvalue weighted by Gasteiger charge is 2.31. The molecule has 274 valence electrons. The zero-order valence-electron chi connectivity index (χ0n) is 31.9. The van der Waals surface area contributed by atoms with Gasteiger partial charge in [-0.3, -0.25) is 9.59 Å². The number of carbonyl (C=O) groups is 2. The third kappa shape index (κ3) is 27.9. The van der Waals surface area contributed by atoms with Gasteiger partial charge >= 0.3 is 11.9 Å². The van der Waals surface area contributed by atoms with Crippen molar-refractivity contribution >= 4 is 11.9 Å². The molecule has 0 aliphatic carbocycles. The lowest BCUT2D eigenvalue weighted by atomic mass is 9.94. The summed E-state index contributed by atoms with van der Waals surface area (Å²) in [6.45, 7) is 13.1. The van der Waals surface area contributed by atoms with Crippen molar-refractivity contribution in [3.05, 3.63) is 0 Å². The summed E-state index contributed by atoms with van der Waals surface area (Å²) in [6.07, 6.45) is 27.7. The maximum Gasteiger partial charge on any atom is 0.314 e. The molecule has 0 aromatic carbocycles. The Kier molecular flexibility index (Phi) is 30.4. The molecule has 6 heteroatoms. The second-order valence-electron chi connectivity index (χ2n) is 14.9. The van der Waals surface area contributed by atoms with Crippen molar-refractivity contribution < 1.29 is 23.8 Å². The summed E-state index contributed by atoms with van der Waals surface area (Å²) in [5.41, 5.74) is -0.642. The highest BCUT2D eigenvalue weighted by atomic mass is 16.5. The van der Waals surface area contributed by atoms with Crippen LogP contribution in [0.25, 0.3) is 0 Å². The van der Waals surface area contributed by atoms with Gasteiger partial charge in [0.2, 0.25) is 0 Å². The van der Waals surface area contributed by atoms with Crippen molar-refractivity contribution in [1.29, 1.82) is 0 Å². The molecule has 6 nitrogen and oxygen atoms in total. The molecule has 2 atom stereocenters. The summed E-state index contributed by atoms with van der Waals surface area (Å²) in [6, 6.07) is 0. The number of ether oxygens (including phenoxy) is 3. The Morgan fingerprint density at radius 2 is 1.11 bits per heavy atom. The third-order valence-corrected chi connectivity index (χ3v) is 9.17. The van der Waals surface area contributed by atoms with E-state index in [1.54, 1.807) is 0 Å². The molecule has 0 aromatic rings. The van der Waals surface area contributed by atoms with E-state index in [0.29, 0.717) is 32.2 Å². The monoisotopic (exact) mass is 654 g/mol. The van der Waals surface area contributed by atoms with Crippen LogP contribution in [0.4, 0.5) is 0 Å². The number of likely N-dealkylation sites (N-methyl/N-ethyl adjacent to an activating group) is 1. The highest BCUT2D eigenvalue weighted by Crippen LogP contribution is 2.24. The van der Waals surface area contributed by atoms with Crippen molar-refractivity contribution in [3.63, 3.8) is 0 Å². The number of hydrogen-bond donors (Lipinski definition) is 0. The second kappa shape index (κ2) is 31.1. The first-order chi connectivity index (χ1) is 22.2. The Morgan fingerprint density at radius 3 is 1.67 bits per heavy atom. The first kappa shape index (κ1) is 44.9. The van der Waals surface area contributed by atoms with Crippen LogP contribution in [-0.2, 0) is 23.8 Å². The van der Waals surface area contributed by atoms with Gasteiger partial charge in [-0.25, -0.2) is 0 Å². The van der Waals surface area contributed by atoms with Crippen LogP contribution in [0.2, 0.25) is 0 Å². The van der Waals surface area contributed by atoms with E-state index in [1.165, 1.54) is 89.9 Å². The third-order valence-electron chi connectivity index (χ3n) is 9.17. The topological polar surface area (TPSA) is 65.1 Å². The Labute approximate surface area is 286 Å². The lowest BCUT2D eigenvalue weighted by Gasteiger charge is -2.27. The standard InChI is InChI=1S/C40H79NO5/c1-8-11-14-16-17-20-24-29-37(46-39(43)40(4,5)35-44-33-32-41(6)7)30-25-21-18-19-22-26-31-38(42)45-34-36(27-13-10-3)28-23-15-12-9-2/h36-37H,8-35H2,1-7H3. The van der Waals surface area contributed by atoms with E-state index in [0.717, 1.165) is 64.3 Å². The number of unbranched alkanes of at least 4 members (excludes halogenated alkanes) is 15. The molecule has 0 rings (SSSR count). The van der Waals surface area contributed by atoms with E-state index in [2.05, 4.69) is 25.7 Å². The van der Waals surface area contributed by atoms with Crippen LogP contribution in [-0.4, -0.2) is 63.4 Å². The average molecular weight is 654 g/mol. The summed E-state index contributed by atoms with van der Waals surface area (Å²) in [5, 5.41) is 0. The summed E-state index contributed by atoms with van der Waals surface area (Å²) >= 11 is 0. The van der Waals surface area contributed by atoms with Crippen LogP contribution in [0, 0.1) is 11.3 Å². The fraction of sp³-hybridized carbons (Fsp3) is 0.950. The molecule has 2 unspecified atom stereocenters. The maximum atomic E-state index is 13.1. The lowest BCUT2D eigenvalue weighted by molar-refractivity contribution is -0.164. The fourth-order valence-electron chi connectivity index (χ4n) is 5.83. The number of carbonyl (C=O) groups excluding carboxylic acids is 2. The van der Waals surface area contributed by atoms with E-state index in [9.17, 15) is 9.59 Å². The first-order valence-corrected chi connectivity index (χ1v) is 19.7. The zero-order chi connectivity index (χ0) is 34.3. The van der Waals surface area contributed by atoms with Crippen molar-refractivity contribution in [1.82, 2.24) is 4.90 Å². The molecule has 0 radical (unpaired) electrons. The quantitative estimate of drug-likeness (QED) is 0.0508. The zero-order valence-corrected chi connectivity index (χ0v) is 31.9. The molecule has 0 fully saturated rings. The highest BCUT2D eigenvalue weighted by molar-refractivity contribution is 5.76.